The van der Waals surface area contributed by atoms with Gasteiger partial charge in [-0.25, -0.2) is 9.67 Å². The van der Waals surface area contributed by atoms with Gasteiger partial charge in [-0.3, -0.25) is 20.4 Å². The van der Waals surface area contributed by atoms with Crippen molar-refractivity contribution in [3.8, 4) is 0 Å². The van der Waals surface area contributed by atoms with Crippen molar-refractivity contribution in [3.05, 3.63) is 18.0 Å². The van der Waals surface area contributed by atoms with Crippen molar-refractivity contribution in [2.75, 3.05) is 11.9 Å². The Morgan fingerprint density at radius 1 is 1.15 bits per heavy atom. The van der Waals surface area contributed by atoms with Crippen LogP contribution < -0.4 is 15.8 Å². The minimum Gasteiger partial charge on any atom is -0.370 e. The first-order valence-corrected chi connectivity index (χ1v) is 9.58. The van der Waals surface area contributed by atoms with Crippen molar-refractivity contribution >= 4 is 28.5 Å². The fourth-order valence-electron chi connectivity index (χ4n) is 3.38. The van der Waals surface area contributed by atoms with Crippen molar-refractivity contribution < 1.29 is 9.59 Å². The number of hydrogen-bond donors (Lipinski definition) is 2. The molecule has 0 bridgehead atoms. The molecule has 0 saturated carbocycles. The van der Waals surface area contributed by atoms with E-state index in [0.717, 1.165) is 42.4 Å². The Bertz CT molecular complexity index is 795. The lowest BCUT2D eigenvalue weighted by Crippen LogP contribution is -2.41. The van der Waals surface area contributed by atoms with Gasteiger partial charge in [-0.1, -0.05) is 26.7 Å². The van der Waals surface area contributed by atoms with Crippen LogP contribution in [0.2, 0.25) is 0 Å². The van der Waals surface area contributed by atoms with E-state index in [2.05, 4.69) is 39.7 Å². The Labute approximate surface area is 160 Å². The largest absolute Gasteiger partial charge is 0.370 e. The monoisotopic (exact) mass is 374 g/mol. The summed E-state index contributed by atoms with van der Waals surface area (Å²) in [5.41, 5.74) is 6.77. The summed E-state index contributed by atoms with van der Waals surface area (Å²) in [5, 5.41) is 5.25. The Balaban J connectivity index is 2.56. The van der Waals surface area contributed by atoms with Crippen LogP contribution >= 0.6 is 0 Å². The number of rotatable bonds is 8. The molecular weight excluding hydrogens is 344 g/mol. The molecule has 2 heterocycles. The normalized spacial score (nSPS) is 11.0. The molecule has 2 rings (SSSR count). The molecule has 8 heteroatoms. The average molecular weight is 374 g/mol. The van der Waals surface area contributed by atoms with Crippen molar-refractivity contribution in [3.63, 3.8) is 0 Å². The molecule has 0 aliphatic rings. The Hall–Kier alpha value is -2.64. The van der Waals surface area contributed by atoms with Gasteiger partial charge in [0.15, 0.2) is 5.65 Å². The minimum atomic E-state index is -0.391. The second kappa shape index (κ2) is 9.34. The number of aryl methyl sites for hydroxylation is 1. The van der Waals surface area contributed by atoms with E-state index in [1.54, 1.807) is 12.4 Å². The first-order chi connectivity index (χ1) is 12.9. The number of nitrogens with zero attached hydrogens (tertiary/aromatic N) is 4. The molecule has 0 unspecified atom stereocenters. The number of hydrazine groups is 1. The lowest BCUT2D eigenvalue weighted by Gasteiger charge is -2.31. The summed E-state index contributed by atoms with van der Waals surface area (Å²) in [4.78, 5) is 30.5. The van der Waals surface area contributed by atoms with Crippen LogP contribution in [0.5, 0.6) is 0 Å². The molecule has 2 aromatic heterocycles. The standard InChI is InChI=1S/C19H30N6O2/c1-6-9-14(10-7-2)24(5)17-15-12-21-25(8-3)18(15)20-11-16(17)19(27)23-22-13(4)26/h11-12,14H,6-10H2,1-5H3,(H,22,26)(H,23,27). The molecule has 0 aliphatic carbocycles. The van der Waals surface area contributed by atoms with Crippen LogP contribution in [0.1, 0.15) is 63.7 Å². The molecule has 27 heavy (non-hydrogen) atoms. The molecule has 8 nitrogen and oxygen atoms in total. The zero-order chi connectivity index (χ0) is 20.0. The topological polar surface area (TPSA) is 92.2 Å². The first kappa shape index (κ1) is 20.7. The average Bonchev–Trinajstić information content (AvgIpc) is 3.07. The number of nitrogens with one attached hydrogen (secondary N) is 2. The first-order valence-electron chi connectivity index (χ1n) is 9.58. The van der Waals surface area contributed by atoms with Crippen LogP contribution in [-0.2, 0) is 11.3 Å². The number of carbonyl (C=O) groups excluding carboxylic acids is 2. The summed E-state index contributed by atoms with van der Waals surface area (Å²) in [6, 6.07) is 0.308. The highest BCUT2D eigenvalue weighted by Crippen LogP contribution is 2.32. The van der Waals surface area contributed by atoms with Gasteiger partial charge in [-0.2, -0.15) is 5.10 Å². The van der Waals surface area contributed by atoms with Crippen LogP contribution in [0, 0.1) is 0 Å². The molecule has 0 saturated heterocycles. The summed E-state index contributed by atoms with van der Waals surface area (Å²) in [6.45, 7) is 8.38. The molecule has 2 amide bonds. The van der Waals surface area contributed by atoms with Crippen molar-refractivity contribution in [1.29, 1.82) is 0 Å². The zero-order valence-electron chi connectivity index (χ0n) is 16.9. The summed E-state index contributed by atoms with van der Waals surface area (Å²) < 4.78 is 1.82. The number of amides is 2. The molecule has 0 spiro atoms. The smallest absolute Gasteiger partial charge is 0.273 e. The molecule has 2 N–H and O–H groups in total. The van der Waals surface area contributed by atoms with Gasteiger partial charge in [0, 0.05) is 32.8 Å². The van der Waals surface area contributed by atoms with Gasteiger partial charge in [0.05, 0.1) is 22.8 Å². The Morgan fingerprint density at radius 2 is 1.81 bits per heavy atom. The van der Waals surface area contributed by atoms with E-state index < -0.39 is 5.91 Å². The highest BCUT2D eigenvalue weighted by atomic mass is 16.2. The molecule has 0 radical (unpaired) electrons. The SMILES string of the molecule is CCCC(CCC)N(C)c1c(C(=O)NNC(C)=O)cnc2c1cnn2CC. The van der Waals surface area contributed by atoms with Crippen LogP contribution in [0.15, 0.2) is 12.4 Å². The van der Waals surface area contributed by atoms with Crippen molar-refractivity contribution in [2.45, 2.75) is 66.0 Å². The Morgan fingerprint density at radius 3 is 2.37 bits per heavy atom. The van der Waals surface area contributed by atoms with Gasteiger partial charge in [0.25, 0.3) is 5.91 Å². The molecule has 0 fully saturated rings. The van der Waals surface area contributed by atoms with E-state index >= 15 is 0 Å². The van der Waals surface area contributed by atoms with Crippen LogP contribution in [0.25, 0.3) is 11.0 Å². The van der Waals surface area contributed by atoms with E-state index in [1.165, 1.54) is 6.92 Å². The van der Waals surface area contributed by atoms with Gasteiger partial charge in [0.2, 0.25) is 5.91 Å². The van der Waals surface area contributed by atoms with Crippen LogP contribution in [0.4, 0.5) is 5.69 Å². The van der Waals surface area contributed by atoms with E-state index in [1.807, 2.05) is 18.7 Å². The highest BCUT2D eigenvalue weighted by Gasteiger charge is 2.24. The third-order valence-corrected chi connectivity index (χ3v) is 4.68. The molecule has 0 aromatic carbocycles. The van der Waals surface area contributed by atoms with Crippen molar-refractivity contribution in [1.82, 2.24) is 25.6 Å². The van der Waals surface area contributed by atoms with E-state index in [-0.39, 0.29) is 5.91 Å². The van der Waals surface area contributed by atoms with Gasteiger partial charge in [-0.15, -0.1) is 0 Å². The van der Waals surface area contributed by atoms with Gasteiger partial charge < -0.3 is 4.90 Å². The maximum absolute atomic E-state index is 12.7. The summed E-state index contributed by atoms with van der Waals surface area (Å²) in [7, 11) is 2.02. The van der Waals surface area contributed by atoms with Crippen molar-refractivity contribution in [2.24, 2.45) is 0 Å². The second-order valence-corrected chi connectivity index (χ2v) is 6.70. The molecule has 2 aromatic rings. The highest BCUT2D eigenvalue weighted by molar-refractivity contribution is 6.07. The zero-order valence-corrected chi connectivity index (χ0v) is 16.9. The number of anilines is 1. The predicted octanol–water partition coefficient (Wildman–Crippen LogP) is 2.64. The number of aromatic nitrogens is 3. The quantitative estimate of drug-likeness (QED) is 0.693. The Kier molecular flexibility index (Phi) is 7.15. The van der Waals surface area contributed by atoms with E-state index in [9.17, 15) is 9.59 Å². The summed E-state index contributed by atoms with van der Waals surface area (Å²) >= 11 is 0. The maximum Gasteiger partial charge on any atom is 0.273 e. The number of pyridine rings is 1. The molecule has 148 valence electrons. The van der Waals surface area contributed by atoms with Crippen LogP contribution in [0.3, 0.4) is 0 Å². The minimum absolute atomic E-state index is 0.308. The van der Waals surface area contributed by atoms with Crippen LogP contribution in [-0.4, -0.2) is 39.7 Å². The maximum atomic E-state index is 12.7. The molecule has 0 aliphatic heterocycles. The van der Waals surface area contributed by atoms with E-state index in [0.29, 0.717) is 18.2 Å². The molecule has 0 atom stereocenters. The van der Waals surface area contributed by atoms with E-state index in [4.69, 9.17) is 0 Å². The summed E-state index contributed by atoms with van der Waals surface area (Å²) in [5.74, 6) is -0.724. The molecular formula is C19H30N6O2. The fourth-order valence-corrected chi connectivity index (χ4v) is 3.38. The van der Waals surface area contributed by atoms with Gasteiger partial charge in [-0.05, 0) is 19.8 Å². The van der Waals surface area contributed by atoms with Gasteiger partial charge in [0.1, 0.15) is 0 Å². The third kappa shape index (κ3) is 4.56. The lowest BCUT2D eigenvalue weighted by atomic mass is 10.0. The second-order valence-electron chi connectivity index (χ2n) is 6.70. The number of carbonyl (C=O) groups is 2. The summed E-state index contributed by atoms with van der Waals surface area (Å²) in [6.07, 6.45) is 7.51. The number of hydrogen-bond acceptors (Lipinski definition) is 5. The third-order valence-electron chi connectivity index (χ3n) is 4.68. The van der Waals surface area contributed by atoms with Gasteiger partial charge >= 0.3 is 0 Å². The number of fused-ring (bicyclic) bond motifs is 1. The fraction of sp³-hybridized carbons (Fsp3) is 0.579. The predicted molar refractivity (Wildman–Crippen MR) is 106 cm³/mol. The lowest BCUT2D eigenvalue weighted by molar-refractivity contribution is -0.119.